The van der Waals surface area contributed by atoms with Gasteiger partial charge in [0.05, 0.1) is 4.92 Å². The molecule has 1 heterocycles. The zero-order valence-electron chi connectivity index (χ0n) is 9.30. The van der Waals surface area contributed by atoms with Gasteiger partial charge >= 0.3 is 11.3 Å². The molecule has 0 radical (unpaired) electrons. The van der Waals surface area contributed by atoms with Crippen LogP contribution in [0.1, 0.15) is 6.92 Å². The Morgan fingerprint density at radius 2 is 2.17 bits per heavy atom. The first kappa shape index (κ1) is 11.8. The van der Waals surface area contributed by atoms with E-state index in [1.807, 2.05) is 0 Å². The SMILES string of the molecule is CC(=O)Nc1cc2cccc([N+](=O)[O-])c2oc1=O. The molecule has 0 saturated carbocycles. The molecular formula is C11H8N2O5. The lowest BCUT2D eigenvalue weighted by Crippen LogP contribution is -2.14. The van der Waals surface area contributed by atoms with Gasteiger partial charge in [-0.25, -0.2) is 4.79 Å². The van der Waals surface area contributed by atoms with Crippen molar-refractivity contribution < 1.29 is 14.1 Å². The zero-order valence-corrected chi connectivity index (χ0v) is 9.30. The molecule has 92 valence electrons. The fourth-order valence-electron chi connectivity index (χ4n) is 1.55. The highest BCUT2D eigenvalue weighted by Crippen LogP contribution is 2.25. The topological polar surface area (TPSA) is 102 Å². The van der Waals surface area contributed by atoms with Crippen LogP contribution in [0.5, 0.6) is 0 Å². The number of nitro benzene ring substituents is 1. The van der Waals surface area contributed by atoms with Gasteiger partial charge in [0.2, 0.25) is 11.5 Å². The van der Waals surface area contributed by atoms with Crippen molar-refractivity contribution in [2.75, 3.05) is 5.32 Å². The third kappa shape index (κ3) is 2.05. The van der Waals surface area contributed by atoms with E-state index in [0.717, 1.165) is 0 Å². The predicted molar refractivity (Wildman–Crippen MR) is 63.4 cm³/mol. The number of rotatable bonds is 2. The maximum Gasteiger partial charge on any atom is 0.360 e. The number of amides is 1. The summed E-state index contributed by atoms with van der Waals surface area (Å²) in [5.74, 6) is -0.424. The molecule has 2 aromatic rings. The quantitative estimate of drug-likeness (QED) is 0.494. The van der Waals surface area contributed by atoms with Crippen LogP contribution >= 0.6 is 0 Å². The van der Waals surface area contributed by atoms with E-state index in [-0.39, 0.29) is 17.0 Å². The van der Waals surface area contributed by atoms with Crippen molar-refractivity contribution in [2.45, 2.75) is 6.92 Å². The molecule has 7 heteroatoms. The van der Waals surface area contributed by atoms with Crippen molar-refractivity contribution in [3.8, 4) is 0 Å². The number of nitrogens with one attached hydrogen (secondary N) is 1. The van der Waals surface area contributed by atoms with Crippen LogP contribution in [0.4, 0.5) is 11.4 Å². The Labute approximate surface area is 100 Å². The van der Waals surface area contributed by atoms with Crippen molar-refractivity contribution in [1.29, 1.82) is 0 Å². The number of fused-ring (bicyclic) bond motifs is 1. The summed E-state index contributed by atoms with van der Waals surface area (Å²) in [5, 5.41) is 13.4. The number of para-hydroxylation sites is 1. The third-order valence-corrected chi connectivity index (χ3v) is 2.25. The maximum absolute atomic E-state index is 11.5. The number of nitrogens with zero attached hydrogens (tertiary/aromatic N) is 1. The molecule has 0 spiro atoms. The van der Waals surface area contributed by atoms with E-state index in [1.54, 1.807) is 6.07 Å². The Morgan fingerprint density at radius 3 is 2.78 bits per heavy atom. The number of carbonyl (C=O) groups is 1. The van der Waals surface area contributed by atoms with Gasteiger partial charge in [0.15, 0.2) is 0 Å². The molecule has 0 aliphatic heterocycles. The van der Waals surface area contributed by atoms with Crippen LogP contribution in [0.25, 0.3) is 11.0 Å². The molecule has 0 saturated heterocycles. The van der Waals surface area contributed by atoms with Gasteiger partial charge < -0.3 is 9.73 Å². The van der Waals surface area contributed by atoms with E-state index >= 15 is 0 Å². The summed E-state index contributed by atoms with van der Waals surface area (Å²) in [6, 6.07) is 5.60. The number of hydrogen-bond donors (Lipinski definition) is 1. The van der Waals surface area contributed by atoms with Crippen LogP contribution < -0.4 is 10.9 Å². The van der Waals surface area contributed by atoms with Gasteiger partial charge in [-0.05, 0) is 6.07 Å². The van der Waals surface area contributed by atoms with Crippen LogP contribution in [-0.4, -0.2) is 10.8 Å². The van der Waals surface area contributed by atoms with E-state index in [1.165, 1.54) is 25.1 Å². The average Bonchev–Trinajstić information content (AvgIpc) is 2.28. The first-order valence-corrected chi connectivity index (χ1v) is 4.98. The van der Waals surface area contributed by atoms with Gasteiger partial charge in [0.1, 0.15) is 5.69 Å². The van der Waals surface area contributed by atoms with Crippen LogP contribution in [-0.2, 0) is 4.79 Å². The molecule has 0 atom stereocenters. The van der Waals surface area contributed by atoms with Gasteiger partial charge in [-0.2, -0.15) is 0 Å². The lowest BCUT2D eigenvalue weighted by atomic mass is 10.2. The highest BCUT2D eigenvalue weighted by molar-refractivity contribution is 5.92. The molecule has 0 aliphatic rings. The third-order valence-electron chi connectivity index (χ3n) is 2.25. The Morgan fingerprint density at radius 1 is 1.44 bits per heavy atom. The summed E-state index contributed by atoms with van der Waals surface area (Å²) in [7, 11) is 0. The first-order chi connectivity index (χ1) is 8.49. The Bertz CT molecular complexity index is 704. The van der Waals surface area contributed by atoms with Crippen molar-refractivity contribution in [3.05, 3.63) is 44.8 Å². The Kier molecular flexibility index (Phi) is 2.80. The minimum atomic E-state index is -0.827. The van der Waals surface area contributed by atoms with Gasteiger partial charge in [-0.3, -0.25) is 14.9 Å². The van der Waals surface area contributed by atoms with Crippen molar-refractivity contribution in [1.82, 2.24) is 0 Å². The van der Waals surface area contributed by atoms with E-state index in [2.05, 4.69) is 5.32 Å². The minimum Gasteiger partial charge on any atom is -0.414 e. The van der Waals surface area contributed by atoms with Gasteiger partial charge in [-0.15, -0.1) is 0 Å². The van der Waals surface area contributed by atoms with E-state index < -0.39 is 16.5 Å². The number of carbonyl (C=O) groups excluding carboxylic acids is 1. The molecule has 7 nitrogen and oxygen atoms in total. The monoisotopic (exact) mass is 248 g/mol. The maximum atomic E-state index is 11.5. The van der Waals surface area contributed by atoms with Crippen molar-refractivity contribution in [3.63, 3.8) is 0 Å². The fraction of sp³-hybridized carbons (Fsp3) is 0.0909. The molecule has 0 fully saturated rings. The predicted octanol–water partition coefficient (Wildman–Crippen LogP) is 1.66. The molecule has 0 unspecified atom stereocenters. The molecule has 0 aliphatic carbocycles. The molecule has 1 N–H and O–H groups in total. The van der Waals surface area contributed by atoms with Crippen LogP contribution in [0.2, 0.25) is 0 Å². The lowest BCUT2D eigenvalue weighted by Gasteiger charge is -2.02. The molecular weight excluding hydrogens is 240 g/mol. The molecule has 1 amide bonds. The fourth-order valence-corrected chi connectivity index (χ4v) is 1.55. The smallest absolute Gasteiger partial charge is 0.360 e. The zero-order chi connectivity index (χ0) is 13.3. The highest BCUT2D eigenvalue weighted by Gasteiger charge is 2.16. The molecule has 1 aromatic heterocycles. The Balaban J connectivity index is 2.71. The summed E-state index contributed by atoms with van der Waals surface area (Å²) in [6.07, 6.45) is 0. The number of non-ortho nitro benzene ring substituents is 1. The number of benzene rings is 1. The average molecular weight is 248 g/mol. The van der Waals surface area contributed by atoms with Crippen LogP contribution in [0, 0.1) is 10.1 Å². The minimum absolute atomic E-state index is 0.0458. The number of nitro groups is 1. The second-order valence-electron chi connectivity index (χ2n) is 3.58. The largest absolute Gasteiger partial charge is 0.414 e. The second kappa shape index (κ2) is 4.28. The van der Waals surface area contributed by atoms with Crippen molar-refractivity contribution in [2.24, 2.45) is 0 Å². The summed E-state index contributed by atoms with van der Waals surface area (Å²) in [6.45, 7) is 1.25. The molecule has 18 heavy (non-hydrogen) atoms. The van der Waals surface area contributed by atoms with Crippen LogP contribution in [0.3, 0.4) is 0 Å². The summed E-state index contributed by atoms with van der Waals surface area (Å²) in [5.41, 5.74) is -1.27. The van der Waals surface area contributed by atoms with Crippen molar-refractivity contribution >= 4 is 28.3 Å². The molecule has 0 bridgehead atoms. The standard InChI is InChI=1S/C11H8N2O5/c1-6(14)12-8-5-7-3-2-4-9(13(16)17)10(7)18-11(8)15/h2-5H,1H3,(H,12,14). The number of hydrogen-bond acceptors (Lipinski definition) is 5. The molecule has 1 aromatic carbocycles. The van der Waals surface area contributed by atoms with Gasteiger partial charge in [0, 0.05) is 18.4 Å². The van der Waals surface area contributed by atoms with Crippen LogP contribution in [0.15, 0.2) is 33.5 Å². The first-order valence-electron chi connectivity index (χ1n) is 4.98. The Hall–Kier alpha value is -2.70. The van der Waals surface area contributed by atoms with Gasteiger partial charge in [0.25, 0.3) is 0 Å². The van der Waals surface area contributed by atoms with E-state index in [0.29, 0.717) is 5.39 Å². The number of anilines is 1. The molecule has 2 rings (SSSR count). The highest BCUT2D eigenvalue weighted by atomic mass is 16.6. The summed E-state index contributed by atoms with van der Waals surface area (Å²) < 4.78 is 4.87. The van der Waals surface area contributed by atoms with Gasteiger partial charge in [-0.1, -0.05) is 12.1 Å². The van der Waals surface area contributed by atoms with E-state index in [9.17, 15) is 19.7 Å². The van der Waals surface area contributed by atoms with E-state index in [4.69, 9.17) is 4.42 Å². The summed E-state index contributed by atoms with van der Waals surface area (Å²) >= 11 is 0. The lowest BCUT2D eigenvalue weighted by molar-refractivity contribution is -0.383. The normalized spacial score (nSPS) is 10.3. The second-order valence-corrected chi connectivity index (χ2v) is 3.58. The summed E-state index contributed by atoms with van der Waals surface area (Å²) in [4.78, 5) is 32.5.